The van der Waals surface area contributed by atoms with E-state index in [2.05, 4.69) is 15.5 Å². The number of nitrogens with one attached hydrogen (secondary N) is 2. The highest BCUT2D eigenvalue weighted by Gasteiger charge is 2.21. The van der Waals surface area contributed by atoms with Crippen LogP contribution in [0.3, 0.4) is 0 Å². The number of para-hydroxylation sites is 1. The predicted octanol–water partition coefficient (Wildman–Crippen LogP) is 2.65. The fourth-order valence-electron chi connectivity index (χ4n) is 2.17. The van der Waals surface area contributed by atoms with E-state index in [9.17, 15) is 9.59 Å². The molecule has 2 N–H and O–H groups in total. The maximum atomic E-state index is 12.2. The van der Waals surface area contributed by atoms with Gasteiger partial charge in [0.15, 0.2) is 11.9 Å². The minimum atomic E-state index is -0.965. The molecule has 3 aromatic rings. The first kappa shape index (κ1) is 14.8. The Morgan fingerprint density at radius 3 is 2.87 bits per heavy atom. The molecular weight excluding hydrogens is 298 g/mol. The smallest absolute Gasteiger partial charge is 0.341 e. The molecule has 0 radical (unpaired) electrons. The van der Waals surface area contributed by atoms with Crippen LogP contribution in [0.15, 0.2) is 41.1 Å². The number of amides is 1. The lowest BCUT2D eigenvalue weighted by molar-refractivity contribution is -0.123. The molecule has 0 spiro atoms. The number of aromatic amines is 1. The number of esters is 1. The molecular formula is C16H15N3O4. The molecule has 0 fully saturated rings. The summed E-state index contributed by atoms with van der Waals surface area (Å²) in [5.74, 6) is -0.195. The molecule has 0 unspecified atom stereocenters. The SMILES string of the molecule is Cc1cc(NC(=O)[C@@H](C)OC(=O)c2c[nH]c3ccccc23)no1. The fraction of sp³-hybridized carbons (Fsp3) is 0.188. The van der Waals surface area contributed by atoms with Crippen molar-refractivity contribution < 1.29 is 18.8 Å². The zero-order valence-electron chi connectivity index (χ0n) is 12.6. The first-order chi connectivity index (χ1) is 11.0. The summed E-state index contributed by atoms with van der Waals surface area (Å²) in [4.78, 5) is 27.2. The second-order valence-electron chi connectivity index (χ2n) is 5.11. The third kappa shape index (κ3) is 3.08. The highest BCUT2D eigenvalue weighted by atomic mass is 16.5. The number of hydrogen-bond acceptors (Lipinski definition) is 5. The number of carbonyl (C=O) groups is 2. The van der Waals surface area contributed by atoms with E-state index in [1.54, 1.807) is 19.2 Å². The molecule has 1 amide bonds. The van der Waals surface area contributed by atoms with Crippen LogP contribution in [0, 0.1) is 6.92 Å². The van der Waals surface area contributed by atoms with Crippen LogP contribution >= 0.6 is 0 Å². The Balaban J connectivity index is 1.68. The Bertz CT molecular complexity index is 865. The lowest BCUT2D eigenvalue weighted by Gasteiger charge is -2.11. The summed E-state index contributed by atoms with van der Waals surface area (Å²) >= 11 is 0. The number of ether oxygens (including phenoxy) is 1. The summed E-state index contributed by atoms with van der Waals surface area (Å²) < 4.78 is 10.1. The summed E-state index contributed by atoms with van der Waals surface area (Å²) in [6.07, 6.45) is 0.603. The molecule has 0 aliphatic carbocycles. The second kappa shape index (κ2) is 5.96. The molecule has 118 valence electrons. The number of aromatic nitrogens is 2. The van der Waals surface area contributed by atoms with E-state index in [0.717, 1.165) is 10.9 Å². The average Bonchev–Trinajstić information content (AvgIpc) is 3.13. The third-order valence-corrected chi connectivity index (χ3v) is 3.34. The molecule has 0 saturated carbocycles. The largest absolute Gasteiger partial charge is 0.449 e. The molecule has 2 aromatic heterocycles. The van der Waals surface area contributed by atoms with Gasteiger partial charge in [-0.05, 0) is 19.9 Å². The molecule has 1 aromatic carbocycles. The van der Waals surface area contributed by atoms with Gasteiger partial charge in [0.2, 0.25) is 0 Å². The van der Waals surface area contributed by atoms with Crippen molar-refractivity contribution >= 4 is 28.6 Å². The van der Waals surface area contributed by atoms with E-state index in [4.69, 9.17) is 9.26 Å². The van der Waals surface area contributed by atoms with Gasteiger partial charge in [0.05, 0.1) is 5.56 Å². The number of H-pyrrole nitrogens is 1. The van der Waals surface area contributed by atoms with Crippen molar-refractivity contribution in [3.05, 3.63) is 47.9 Å². The van der Waals surface area contributed by atoms with Crippen LogP contribution in [-0.4, -0.2) is 28.1 Å². The zero-order valence-corrected chi connectivity index (χ0v) is 12.6. The van der Waals surface area contributed by atoms with Crippen LogP contribution < -0.4 is 5.32 Å². The summed E-state index contributed by atoms with van der Waals surface area (Å²) in [7, 11) is 0. The molecule has 3 rings (SSSR count). The van der Waals surface area contributed by atoms with Crippen molar-refractivity contribution in [1.82, 2.24) is 10.1 Å². The molecule has 0 saturated heterocycles. The number of hydrogen-bond donors (Lipinski definition) is 2. The molecule has 0 aliphatic heterocycles. The van der Waals surface area contributed by atoms with Crippen molar-refractivity contribution in [2.75, 3.05) is 5.32 Å². The molecule has 1 atom stereocenters. The van der Waals surface area contributed by atoms with E-state index in [1.807, 2.05) is 24.3 Å². The number of rotatable bonds is 4. The summed E-state index contributed by atoms with van der Waals surface area (Å²) in [5, 5.41) is 6.92. The summed E-state index contributed by atoms with van der Waals surface area (Å²) in [6, 6.07) is 8.94. The summed E-state index contributed by atoms with van der Waals surface area (Å²) in [6.45, 7) is 3.21. The van der Waals surface area contributed by atoms with Crippen molar-refractivity contribution in [2.45, 2.75) is 20.0 Å². The van der Waals surface area contributed by atoms with Gasteiger partial charge in [-0.1, -0.05) is 23.4 Å². The molecule has 2 heterocycles. The predicted molar refractivity (Wildman–Crippen MR) is 83.0 cm³/mol. The maximum absolute atomic E-state index is 12.2. The fourth-order valence-corrected chi connectivity index (χ4v) is 2.17. The minimum Gasteiger partial charge on any atom is -0.449 e. The van der Waals surface area contributed by atoms with Crippen LogP contribution in [0.4, 0.5) is 5.82 Å². The number of benzene rings is 1. The highest BCUT2D eigenvalue weighted by molar-refractivity contribution is 6.05. The van der Waals surface area contributed by atoms with Crippen LogP contribution in [0.1, 0.15) is 23.0 Å². The number of aryl methyl sites for hydroxylation is 1. The van der Waals surface area contributed by atoms with E-state index in [1.165, 1.54) is 6.92 Å². The summed E-state index contributed by atoms with van der Waals surface area (Å²) in [5.41, 5.74) is 1.21. The number of carbonyl (C=O) groups excluding carboxylic acids is 2. The van der Waals surface area contributed by atoms with Gasteiger partial charge in [-0.15, -0.1) is 0 Å². The van der Waals surface area contributed by atoms with Gasteiger partial charge < -0.3 is 19.6 Å². The lowest BCUT2D eigenvalue weighted by Crippen LogP contribution is -2.30. The first-order valence-corrected chi connectivity index (χ1v) is 7.06. The van der Waals surface area contributed by atoms with Crippen LogP contribution in [0.5, 0.6) is 0 Å². The lowest BCUT2D eigenvalue weighted by atomic mass is 10.2. The first-order valence-electron chi connectivity index (χ1n) is 7.06. The molecule has 23 heavy (non-hydrogen) atoms. The van der Waals surface area contributed by atoms with Gasteiger partial charge in [0.25, 0.3) is 5.91 Å². The Hall–Kier alpha value is -3.09. The Labute approximate surface area is 131 Å². The number of nitrogens with zero attached hydrogens (tertiary/aromatic N) is 1. The minimum absolute atomic E-state index is 0.280. The third-order valence-electron chi connectivity index (χ3n) is 3.34. The topological polar surface area (TPSA) is 97.2 Å². The highest BCUT2D eigenvalue weighted by Crippen LogP contribution is 2.19. The average molecular weight is 313 g/mol. The van der Waals surface area contributed by atoms with Gasteiger partial charge in [-0.3, -0.25) is 4.79 Å². The van der Waals surface area contributed by atoms with Gasteiger partial charge >= 0.3 is 5.97 Å². The quantitative estimate of drug-likeness (QED) is 0.722. The van der Waals surface area contributed by atoms with Gasteiger partial charge in [-0.25, -0.2) is 4.79 Å². The van der Waals surface area contributed by atoms with Crippen LogP contribution in [0.25, 0.3) is 10.9 Å². The van der Waals surface area contributed by atoms with E-state index < -0.39 is 18.0 Å². The molecule has 0 bridgehead atoms. The Morgan fingerprint density at radius 1 is 1.35 bits per heavy atom. The van der Waals surface area contributed by atoms with Gasteiger partial charge in [-0.2, -0.15) is 0 Å². The standard InChI is InChI=1S/C16H15N3O4/c1-9-7-14(19-23-9)18-15(20)10(2)22-16(21)12-8-17-13-6-4-3-5-11(12)13/h3-8,10,17H,1-2H3,(H,18,19,20)/t10-/m1/s1. The Kier molecular flexibility index (Phi) is 3.84. The molecule has 7 heteroatoms. The van der Waals surface area contributed by atoms with Gasteiger partial charge in [0.1, 0.15) is 5.76 Å². The van der Waals surface area contributed by atoms with Crippen LogP contribution in [-0.2, 0) is 9.53 Å². The Morgan fingerprint density at radius 2 is 2.13 bits per heavy atom. The van der Waals surface area contributed by atoms with Gasteiger partial charge in [0, 0.05) is 23.2 Å². The van der Waals surface area contributed by atoms with Crippen LogP contribution in [0.2, 0.25) is 0 Å². The molecule has 0 aliphatic rings. The van der Waals surface area contributed by atoms with Crippen molar-refractivity contribution in [1.29, 1.82) is 0 Å². The van der Waals surface area contributed by atoms with E-state index in [-0.39, 0.29) is 5.82 Å². The normalized spacial score (nSPS) is 12.1. The van der Waals surface area contributed by atoms with Crippen molar-refractivity contribution in [3.63, 3.8) is 0 Å². The molecule has 7 nitrogen and oxygen atoms in total. The van der Waals surface area contributed by atoms with E-state index in [0.29, 0.717) is 11.3 Å². The van der Waals surface area contributed by atoms with E-state index >= 15 is 0 Å². The van der Waals surface area contributed by atoms with Crippen molar-refractivity contribution in [2.24, 2.45) is 0 Å². The zero-order chi connectivity index (χ0) is 16.4. The van der Waals surface area contributed by atoms with Crippen molar-refractivity contribution in [3.8, 4) is 0 Å². The number of anilines is 1. The number of fused-ring (bicyclic) bond motifs is 1. The maximum Gasteiger partial charge on any atom is 0.341 e. The second-order valence-corrected chi connectivity index (χ2v) is 5.11. The monoisotopic (exact) mass is 313 g/mol.